The highest BCUT2D eigenvalue weighted by Crippen LogP contribution is 2.67. The van der Waals surface area contributed by atoms with Crippen LogP contribution >= 0.6 is 0 Å². The first kappa shape index (κ1) is 18.4. The summed E-state index contributed by atoms with van der Waals surface area (Å²) in [4.78, 5) is 0. The third-order valence-corrected chi connectivity index (χ3v) is 9.86. The molecule has 27 heavy (non-hydrogen) atoms. The number of fused-ring (bicyclic) bond motifs is 5. The molecule has 8 atom stereocenters. The fourth-order valence-electron chi connectivity index (χ4n) is 8.35. The molecule has 0 aromatic heterocycles. The van der Waals surface area contributed by atoms with Crippen molar-refractivity contribution in [2.75, 3.05) is 13.1 Å². The fraction of sp³-hybridized carbons (Fsp3) is 0.840. The first-order chi connectivity index (χ1) is 13.0. The van der Waals surface area contributed by atoms with Crippen LogP contribution in [0.4, 0.5) is 0 Å². The highest BCUT2D eigenvalue weighted by atomic mass is 16.3. The average Bonchev–Trinajstić information content (AvgIpc) is 3.28. The van der Waals surface area contributed by atoms with E-state index in [1.807, 2.05) is 5.57 Å². The van der Waals surface area contributed by atoms with Gasteiger partial charge < -0.3 is 10.4 Å². The standard InChI is InChI=1S/C25H39NO/c1-4-16-13-18-14-19(27)7-10-24(18,2)22-8-11-25(3)20(17-9-12-26-15-17)5-6-21(25)23(16)22/h5,13,16-17,19,21-23,26-27H,4,6-12,14-15H2,1-3H3/t16-,17?,19+,21-,22-,23-,24-,25+/m0/s1. The molecule has 0 spiro atoms. The van der Waals surface area contributed by atoms with Gasteiger partial charge in [0.1, 0.15) is 0 Å². The van der Waals surface area contributed by atoms with Crippen molar-refractivity contribution in [2.24, 2.45) is 40.4 Å². The predicted molar refractivity (Wildman–Crippen MR) is 111 cm³/mol. The molecule has 0 bridgehead atoms. The minimum atomic E-state index is -0.0955. The molecule has 1 aliphatic heterocycles. The largest absolute Gasteiger partial charge is 0.393 e. The maximum absolute atomic E-state index is 10.3. The van der Waals surface area contributed by atoms with Crippen LogP contribution in [0, 0.1) is 40.4 Å². The molecule has 2 nitrogen and oxygen atoms in total. The van der Waals surface area contributed by atoms with Gasteiger partial charge in [-0.3, -0.25) is 0 Å². The lowest BCUT2D eigenvalue weighted by molar-refractivity contribution is -0.0535. The highest BCUT2D eigenvalue weighted by molar-refractivity contribution is 5.32. The molecule has 0 aromatic carbocycles. The summed E-state index contributed by atoms with van der Waals surface area (Å²) >= 11 is 0. The van der Waals surface area contributed by atoms with E-state index < -0.39 is 0 Å². The van der Waals surface area contributed by atoms with Crippen LogP contribution in [0.3, 0.4) is 0 Å². The molecule has 5 aliphatic rings. The van der Waals surface area contributed by atoms with Gasteiger partial charge in [-0.15, -0.1) is 0 Å². The van der Waals surface area contributed by atoms with Gasteiger partial charge in [0.15, 0.2) is 0 Å². The third-order valence-electron chi connectivity index (χ3n) is 9.86. The van der Waals surface area contributed by atoms with Crippen molar-refractivity contribution in [3.8, 4) is 0 Å². The van der Waals surface area contributed by atoms with Crippen LogP contribution in [0.25, 0.3) is 0 Å². The summed E-state index contributed by atoms with van der Waals surface area (Å²) < 4.78 is 0. The number of nitrogens with one attached hydrogen (secondary N) is 1. The van der Waals surface area contributed by atoms with Crippen LogP contribution in [-0.4, -0.2) is 24.3 Å². The summed E-state index contributed by atoms with van der Waals surface area (Å²) in [5.41, 5.74) is 4.24. The van der Waals surface area contributed by atoms with Gasteiger partial charge in [0.25, 0.3) is 0 Å². The molecule has 1 unspecified atom stereocenters. The Morgan fingerprint density at radius 2 is 1.93 bits per heavy atom. The summed E-state index contributed by atoms with van der Waals surface area (Å²) in [5, 5.41) is 13.9. The number of rotatable bonds is 2. The molecule has 2 saturated carbocycles. The molecule has 1 heterocycles. The third kappa shape index (κ3) is 2.58. The lowest BCUT2D eigenvalue weighted by atomic mass is 9.45. The number of aliphatic hydroxyl groups is 1. The summed E-state index contributed by atoms with van der Waals surface area (Å²) in [6.45, 7) is 10.00. The van der Waals surface area contributed by atoms with Crippen LogP contribution in [0.5, 0.6) is 0 Å². The smallest absolute Gasteiger partial charge is 0.0577 e. The molecule has 1 saturated heterocycles. The second kappa shape index (κ2) is 6.46. The first-order valence-corrected chi connectivity index (χ1v) is 11.8. The van der Waals surface area contributed by atoms with Crippen molar-refractivity contribution in [3.05, 3.63) is 23.3 Å². The first-order valence-electron chi connectivity index (χ1n) is 11.8. The topological polar surface area (TPSA) is 32.3 Å². The number of aliphatic hydroxyl groups excluding tert-OH is 1. The summed E-state index contributed by atoms with van der Waals surface area (Å²) in [7, 11) is 0. The van der Waals surface area contributed by atoms with E-state index in [9.17, 15) is 5.11 Å². The van der Waals surface area contributed by atoms with Gasteiger partial charge in [-0.2, -0.15) is 0 Å². The Bertz CT molecular complexity index is 659. The minimum Gasteiger partial charge on any atom is -0.393 e. The van der Waals surface area contributed by atoms with E-state index in [2.05, 4.69) is 38.2 Å². The van der Waals surface area contributed by atoms with Gasteiger partial charge in [0.05, 0.1) is 6.10 Å². The fourth-order valence-corrected chi connectivity index (χ4v) is 8.35. The zero-order valence-corrected chi connectivity index (χ0v) is 17.6. The molecule has 0 aromatic rings. The van der Waals surface area contributed by atoms with E-state index in [1.54, 1.807) is 5.57 Å². The number of hydrogen-bond acceptors (Lipinski definition) is 2. The molecule has 0 amide bonds. The second-order valence-corrected chi connectivity index (χ2v) is 10.9. The normalized spacial score (nSPS) is 51.9. The molecule has 2 N–H and O–H groups in total. The minimum absolute atomic E-state index is 0.0955. The van der Waals surface area contributed by atoms with Crippen molar-refractivity contribution in [2.45, 2.75) is 78.2 Å². The maximum atomic E-state index is 10.3. The number of allylic oxidation sites excluding steroid dienone is 2. The van der Waals surface area contributed by atoms with Crippen molar-refractivity contribution in [3.63, 3.8) is 0 Å². The van der Waals surface area contributed by atoms with E-state index in [0.29, 0.717) is 10.8 Å². The van der Waals surface area contributed by atoms with E-state index in [-0.39, 0.29) is 6.10 Å². The zero-order valence-electron chi connectivity index (χ0n) is 17.6. The van der Waals surface area contributed by atoms with Crippen LogP contribution < -0.4 is 5.32 Å². The molecule has 150 valence electrons. The highest BCUT2D eigenvalue weighted by Gasteiger charge is 2.59. The average molecular weight is 370 g/mol. The van der Waals surface area contributed by atoms with Crippen molar-refractivity contribution in [1.82, 2.24) is 5.32 Å². The monoisotopic (exact) mass is 369 g/mol. The van der Waals surface area contributed by atoms with Gasteiger partial charge in [0.2, 0.25) is 0 Å². The van der Waals surface area contributed by atoms with Crippen molar-refractivity contribution in [1.29, 1.82) is 0 Å². The number of hydrogen-bond donors (Lipinski definition) is 2. The predicted octanol–water partition coefficient (Wildman–Crippen LogP) is 5.09. The molecule has 2 heteroatoms. The Morgan fingerprint density at radius 1 is 1.11 bits per heavy atom. The SMILES string of the molecule is CC[C@H]1C=C2C[C@H](O)CC[C@]2(C)[C@H]2CC[C@]3(C)C(C4CCNC4)=CC[C@H]3[C@H]12. The van der Waals surface area contributed by atoms with Crippen LogP contribution in [0.2, 0.25) is 0 Å². The lowest BCUT2D eigenvalue weighted by Crippen LogP contribution is -2.53. The molecule has 3 fully saturated rings. The van der Waals surface area contributed by atoms with Crippen molar-refractivity contribution >= 4 is 0 Å². The molecular weight excluding hydrogens is 330 g/mol. The molecule has 5 rings (SSSR count). The Kier molecular flexibility index (Phi) is 4.41. The van der Waals surface area contributed by atoms with E-state index in [4.69, 9.17) is 0 Å². The van der Waals surface area contributed by atoms with Gasteiger partial charge in [-0.05, 0) is 98.3 Å². The van der Waals surface area contributed by atoms with Crippen LogP contribution in [0.15, 0.2) is 23.3 Å². The van der Waals surface area contributed by atoms with Crippen molar-refractivity contribution < 1.29 is 5.11 Å². The Labute approximate surface area is 165 Å². The Morgan fingerprint density at radius 3 is 2.67 bits per heavy atom. The summed E-state index contributed by atoms with van der Waals surface area (Å²) in [5.74, 6) is 4.05. The van der Waals surface area contributed by atoms with Crippen LogP contribution in [-0.2, 0) is 0 Å². The van der Waals surface area contributed by atoms with Gasteiger partial charge >= 0.3 is 0 Å². The maximum Gasteiger partial charge on any atom is 0.0577 e. The van der Waals surface area contributed by atoms with E-state index in [1.165, 1.54) is 51.6 Å². The zero-order chi connectivity index (χ0) is 18.8. The quantitative estimate of drug-likeness (QED) is 0.664. The van der Waals surface area contributed by atoms with E-state index in [0.717, 1.165) is 42.4 Å². The summed E-state index contributed by atoms with van der Waals surface area (Å²) in [6.07, 6.45) is 15.1. The van der Waals surface area contributed by atoms with Crippen LogP contribution in [0.1, 0.15) is 72.1 Å². The van der Waals surface area contributed by atoms with Gasteiger partial charge in [0, 0.05) is 6.54 Å². The van der Waals surface area contributed by atoms with Gasteiger partial charge in [-0.1, -0.05) is 44.1 Å². The second-order valence-electron chi connectivity index (χ2n) is 10.9. The molecule has 4 aliphatic carbocycles. The Hall–Kier alpha value is -0.600. The summed E-state index contributed by atoms with van der Waals surface area (Å²) in [6, 6.07) is 0. The molecule has 0 radical (unpaired) electrons. The Balaban J connectivity index is 1.50. The van der Waals surface area contributed by atoms with E-state index >= 15 is 0 Å². The van der Waals surface area contributed by atoms with Gasteiger partial charge in [-0.25, -0.2) is 0 Å². The lowest BCUT2D eigenvalue weighted by Gasteiger charge is -2.60. The molecular formula is C25H39NO.